The van der Waals surface area contributed by atoms with Gasteiger partial charge in [0.05, 0.1) is 16.4 Å². The number of nitrogens with one attached hydrogen (secondary N) is 2. The van der Waals surface area contributed by atoms with E-state index in [1.54, 1.807) is 34.8 Å². The van der Waals surface area contributed by atoms with Gasteiger partial charge in [-0.1, -0.05) is 35.9 Å². The van der Waals surface area contributed by atoms with E-state index in [0.29, 0.717) is 22.0 Å². The second kappa shape index (κ2) is 6.81. The van der Waals surface area contributed by atoms with Crippen molar-refractivity contribution in [2.45, 2.75) is 0 Å². The summed E-state index contributed by atoms with van der Waals surface area (Å²) in [7, 11) is 0. The van der Waals surface area contributed by atoms with Gasteiger partial charge in [0.2, 0.25) is 0 Å². The number of aromatic nitrogens is 4. The highest BCUT2D eigenvalue weighted by Crippen LogP contribution is 2.23. The molecule has 0 fully saturated rings. The number of para-hydroxylation sites is 1. The number of nitrogens with zero attached hydrogens (tertiary/aromatic N) is 4. The first-order chi connectivity index (χ1) is 12.7. The number of benzene rings is 2. The summed E-state index contributed by atoms with van der Waals surface area (Å²) in [5, 5.41) is 18.2. The van der Waals surface area contributed by atoms with Gasteiger partial charge in [-0.05, 0) is 36.4 Å². The molecule has 0 saturated heterocycles. The van der Waals surface area contributed by atoms with E-state index < -0.39 is 0 Å². The van der Waals surface area contributed by atoms with Crippen molar-refractivity contribution in [2.75, 3.05) is 10.6 Å². The summed E-state index contributed by atoms with van der Waals surface area (Å²) in [6.07, 6.45) is 1.54. The van der Waals surface area contributed by atoms with Crippen LogP contribution in [0.2, 0.25) is 5.02 Å². The maximum Gasteiger partial charge on any atom is 0.323 e. The normalized spacial score (nSPS) is 10.7. The Bertz CT molecular complexity index is 1090. The maximum atomic E-state index is 12.2. The Morgan fingerprint density at radius 2 is 1.88 bits per heavy atom. The van der Waals surface area contributed by atoms with Gasteiger partial charge in [-0.3, -0.25) is 0 Å². The van der Waals surface area contributed by atoms with Crippen LogP contribution >= 0.6 is 11.6 Å². The zero-order chi connectivity index (χ0) is 17.9. The molecule has 2 amide bonds. The molecule has 2 aromatic heterocycles. The summed E-state index contributed by atoms with van der Waals surface area (Å²) in [6.45, 7) is 0. The molecular weight excluding hydrogens is 352 g/mol. The third-order valence-electron chi connectivity index (χ3n) is 3.70. The average Bonchev–Trinajstić information content (AvgIpc) is 3.11. The molecule has 0 aliphatic heterocycles. The van der Waals surface area contributed by atoms with Crippen molar-refractivity contribution >= 4 is 34.7 Å². The minimum atomic E-state index is -0.377. The van der Waals surface area contributed by atoms with Gasteiger partial charge in [0.15, 0.2) is 5.65 Å². The van der Waals surface area contributed by atoms with Crippen LogP contribution in [0.15, 0.2) is 67.0 Å². The van der Waals surface area contributed by atoms with Crippen molar-refractivity contribution in [2.24, 2.45) is 0 Å². The van der Waals surface area contributed by atoms with Crippen LogP contribution in [0.5, 0.6) is 0 Å². The predicted molar refractivity (Wildman–Crippen MR) is 100 cm³/mol. The summed E-state index contributed by atoms with van der Waals surface area (Å²) >= 11 is 6.05. The molecule has 7 nitrogen and oxygen atoms in total. The SMILES string of the molecule is O=C(Nc1cccc(-c2ccc3nncn3n2)c1)Nc1ccccc1Cl. The molecule has 26 heavy (non-hydrogen) atoms. The molecule has 0 saturated carbocycles. The number of halogens is 1. The highest BCUT2D eigenvalue weighted by molar-refractivity contribution is 6.33. The molecule has 0 aliphatic carbocycles. The van der Waals surface area contributed by atoms with Gasteiger partial charge in [-0.15, -0.1) is 10.2 Å². The van der Waals surface area contributed by atoms with Gasteiger partial charge >= 0.3 is 6.03 Å². The summed E-state index contributed by atoms with van der Waals surface area (Å²) in [4.78, 5) is 12.2. The van der Waals surface area contributed by atoms with Crippen molar-refractivity contribution in [1.29, 1.82) is 0 Å². The molecule has 2 aromatic carbocycles. The second-order valence-electron chi connectivity index (χ2n) is 5.49. The number of urea groups is 1. The number of amides is 2. The van der Waals surface area contributed by atoms with Crippen LogP contribution < -0.4 is 10.6 Å². The van der Waals surface area contributed by atoms with Crippen molar-refractivity contribution in [3.63, 3.8) is 0 Å². The molecule has 8 heteroatoms. The van der Waals surface area contributed by atoms with E-state index in [1.165, 1.54) is 6.33 Å². The fourth-order valence-corrected chi connectivity index (χ4v) is 2.67. The Kier molecular flexibility index (Phi) is 4.20. The van der Waals surface area contributed by atoms with Gasteiger partial charge in [0.1, 0.15) is 6.33 Å². The molecule has 128 valence electrons. The molecule has 0 spiro atoms. The van der Waals surface area contributed by atoms with Gasteiger partial charge in [-0.2, -0.15) is 9.61 Å². The summed E-state index contributed by atoms with van der Waals surface area (Å²) in [6, 6.07) is 17.8. The number of hydrogen-bond acceptors (Lipinski definition) is 4. The Labute approximate surface area is 153 Å². The Morgan fingerprint density at radius 1 is 1.00 bits per heavy atom. The maximum absolute atomic E-state index is 12.2. The number of hydrogen-bond donors (Lipinski definition) is 2. The number of carbonyl (C=O) groups excluding carboxylic acids is 1. The lowest BCUT2D eigenvalue weighted by Gasteiger charge is -2.10. The van der Waals surface area contributed by atoms with E-state index in [9.17, 15) is 4.79 Å². The van der Waals surface area contributed by atoms with E-state index >= 15 is 0 Å². The fraction of sp³-hybridized carbons (Fsp3) is 0. The molecular formula is C18H13ClN6O. The molecule has 0 unspecified atom stereocenters. The second-order valence-corrected chi connectivity index (χ2v) is 5.90. The zero-order valence-electron chi connectivity index (χ0n) is 13.4. The molecule has 0 bridgehead atoms. The van der Waals surface area contributed by atoms with Crippen molar-refractivity contribution in [3.8, 4) is 11.3 Å². The van der Waals surface area contributed by atoms with Crippen molar-refractivity contribution in [1.82, 2.24) is 19.8 Å². The average molecular weight is 365 g/mol. The molecule has 4 aromatic rings. The lowest BCUT2D eigenvalue weighted by atomic mass is 10.1. The highest BCUT2D eigenvalue weighted by atomic mass is 35.5. The van der Waals surface area contributed by atoms with Crippen LogP contribution in [-0.4, -0.2) is 25.8 Å². The van der Waals surface area contributed by atoms with Crippen LogP contribution in [0.4, 0.5) is 16.2 Å². The summed E-state index contributed by atoms with van der Waals surface area (Å²) in [5.74, 6) is 0. The summed E-state index contributed by atoms with van der Waals surface area (Å²) in [5.41, 5.74) is 3.45. The van der Waals surface area contributed by atoms with E-state index in [-0.39, 0.29) is 6.03 Å². The third kappa shape index (κ3) is 3.33. The van der Waals surface area contributed by atoms with Crippen molar-refractivity contribution in [3.05, 3.63) is 72.0 Å². The highest BCUT2D eigenvalue weighted by Gasteiger charge is 2.07. The lowest BCUT2D eigenvalue weighted by molar-refractivity contribution is 0.262. The van der Waals surface area contributed by atoms with Crippen molar-refractivity contribution < 1.29 is 4.79 Å². The van der Waals surface area contributed by atoms with E-state index in [2.05, 4.69) is 25.9 Å². The van der Waals surface area contributed by atoms with Gasteiger partial charge < -0.3 is 10.6 Å². The van der Waals surface area contributed by atoms with E-state index in [0.717, 1.165) is 11.3 Å². The minimum absolute atomic E-state index is 0.377. The lowest BCUT2D eigenvalue weighted by Crippen LogP contribution is -2.19. The molecule has 0 aliphatic rings. The largest absolute Gasteiger partial charge is 0.323 e. The Hall–Kier alpha value is -3.45. The topological polar surface area (TPSA) is 84.2 Å². The van der Waals surface area contributed by atoms with Crippen LogP contribution in [0.25, 0.3) is 16.9 Å². The Balaban J connectivity index is 1.54. The standard InChI is InChI=1S/C18H13ClN6O/c19-14-6-1-2-7-16(14)22-18(26)21-13-5-3-4-12(10-13)15-8-9-17-23-20-11-25(17)24-15/h1-11H,(H2,21,22,26). The first-order valence-corrected chi connectivity index (χ1v) is 8.17. The van der Waals surface area contributed by atoms with Crippen LogP contribution in [0.1, 0.15) is 0 Å². The van der Waals surface area contributed by atoms with Crippen LogP contribution in [0.3, 0.4) is 0 Å². The smallest absolute Gasteiger partial charge is 0.308 e. The first kappa shape index (κ1) is 16.0. The Morgan fingerprint density at radius 3 is 2.77 bits per heavy atom. The third-order valence-corrected chi connectivity index (χ3v) is 4.03. The summed E-state index contributed by atoms with van der Waals surface area (Å²) < 4.78 is 1.60. The van der Waals surface area contributed by atoms with Crippen LogP contribution in [0, 0.1) is 0 Å². The van der Waals surface area contributed by atoms with Gasteiger partial charge in [-0.25, -0.2) is 4.79 Å². The number of rotatable bonds is 3. The number of fused-ring (bicyclic) bond motifs is 1. The molecule has 2 heterocycles. The van der Waals surface area contributed by atoms with Gasteiger partial charge in [0, 0.05) is 11.3 Å². The predicted octanol–water partition coefficient (Wildman–Crippen LogP) is 4.09. The number of carbonyl (C=O) groups is 1. The monoisotopic (exact) mass is 364 g/mol. The zero-order valence-corrected chi connectivity index (χ0v) is 14.2. The molecule has 0 radical (unpaired) electrons. The first-order valence-electron chi connectivity index (χ1n) is 7.79. The molecule has 0 atom stereocenters. The van der Waals surface area contributed by atoms with E-state index in [1.807, 2.05) is 30.3 Å². The van der Waals surface area contributed by atoms with Crippen LogP contribution in [-0.2, 0) is 0 Å². The fourth-order valence-electron chi connectivity index (χ4n) is 2.49. The minimum Gasteiger partial charge on any atom is -0.308 e. The van der Waals surface area contributed by atoms with Gasteiger partial charge in [0.25, 0.3) is 0 Å². The quantitative estimate of drug-likeness (QED) is 0.573. The molecule has 4 rings (SSSR count). The molecule has 2 N–H and O–H groups in total. The number of anilines is 2. The van der Waals surface area contributed by atoms with E-state index in [4.69, 9.17) is 11.6 Å².